The first-order valence-corrected chi connectivity index (χ1v) is 12.9. The Labute approximate surface area is 222 Å². The number of carbonyl (C=O) groups excluding carboxylic acids is 1. The highest BCUT2D eigenvalue weighted by Crippen LogP contribution is 2.51. The predicted molar refractivity (Wildman–Crippen MR) is 144 cm³/mol. The summed E-state index contributed by atoms with van der Waals surface area (Å²) in [5.74, 6) is -1.31. The van der Waals surface area contributed by atoms with E-state index in [0.29, 0.717) is 33.3 Å². The summed E-state index contributed by atoms with van der Waals surface area (Å²) in [7, 11) is 0. The van der Waals surface area contributed by atoms with Crippen molar-refractivity contribution in [2.24, 2.45) is 0 Å². The van der Waals surface area contributed by atoms with Crippen molar-refractivity contribution >= 4 is 40.7 Å². The van der Waals surface area contributed by atoms with E-state index in [1.165, 1.54) is 17.4 Å². The Balaban J connectivity index is 1.51. The zero-order valence-corrected chi connectivity index (χ0v) is 21.4. The quantitative estimate of drug-likeness (QED) is 0.249. The van der Waals surface area contributed by atoms with Gasteiger partial charge in [-0.2, -0.15) is 0 Å². The molecule has 3 aromatic carbocycles. The zero-order chi connectivity index (χ0) is 26.2. The lowest BCUT2D eigenvalue weighted by atomic mass is 9.89. The van der Waals surface area contributed by atoms with Crippen molar-refractivity contribution in [3.05, 3.63) is 100 Å². The van der Waals surface area contributed by atoms with Gasteiger partial charge in [-0.05, 0) is 54.7 Å². The van der Waals surface area contributed by atoms with Crippen LogP contribution < -0.4 is 5.32 Å². The molecule has 5 nitrogen and oxygen atoms in total. The van der Waals surface area contributed by atoms with Crippen molar-refractivity contribution in [2.45, 2.75) is 31.3 Å². The Bertz CT molecular complexity index is 1480. The minimum Gasteiger partial charge on any atom is -0.481 e. The normalized spacial score (nSPS) is 14.6. The third-order valence-electron chi connectivity index (χ3n) is 6.63. The van der Waals surface area contributed by atoms with Crippen LogP contribution in [0.25, 0.3) is 21.6 Å². The standard InChI is InChI=1S/C29H23ClFNO4S/c1-17(20-9-5-6-10-23(20)31)36-28(35)32-24-16-25(30)37-26(24)22-15-19(29(13-14-29)27(33)34)11-12-21(22)18-7-3-2-4-8-18/h2-12,15-17H,13-14H2,1H3,(H,32,35)(H,33,34). The summed E-state index contributed by atoms with van der Waals surface area (Å²) in [5.41, 5.74) is 3.08. The summed E-state index contributed by atoms with van der Waals surface area (Å²) in [5, 5.41) is 12.6. The summed E-state index contributed by atoms with van der Waals surface area (Å²) in [4.78, 5) is 25.5. The molecule has 1 unspecified atom stereocenters. The zero-order valence-electron chi connectivity index (χ0n) is 19.8. The lowest BCUT2D eigenvalue weighted by Gasteiger charge is -2.17. The number of amides is 1. The molecule has 5 rings (SSSR count). The number of carbonyl (C=O) groups is 2. The number of halogens is 2. The van der Waals surface area contributed by atoms with Gasteiger partial charge in [-0.1, -0.05) is 72.3 Å². The fourth-order valence-corrected chi connectivity index (χ4v) is 5.68. The number of benzene rings is 3. The van der Waals surface area contributed by atoms with E-state index in [1.807, 2.05) is 48.5 Å². The van der Waals surface area contributed by atoms with Gasteiger partial charge in [-0.15, -0.1) is 11.3 Å². The molecule has 1 atom stereocenters. The number of anilines is 1. The Hall–Kier alpha value is -3.68. The predicted octanol–water partition coefficient (Wildman–Crippen LogP) is 8.30. The monoisotopic (exact) mass is 535 g/mol. The van der Waals surface area contributed by atoms with E-state index in [2.05, 4.69) is 5.32 Å². The summed E-state index contributed by atoms with van der Waals surface area (Å²) >= 11 is 7.67. The second kappa shape index (κ2) is 10.00. The van der Waals surface area contributed by atoms with E-state index in [0.717, 1.165) is 16.7 Å². The van der Waals surface area contributed by atoms with Crippen molar-refractivity contribution < 1.29 is 23.8 Å². The number of carboxylic acids is 1. The van der Waals surface area contributed by atoms with Crippen LogP contribution in [-0.4, -0.2) is 17.2 Å². The van der Waals surface area contributed by atoms with Gasteiger partial charge in [0, 0.05) is 11.1 Å². The molecule has 1 saturated carbocycles. The summed E-state index contributed by atoms with van der Waals surface area (Å²) < 4.78 is 20.0. The fourth-order valence-electron chi connectivity index (χ4n) is 4.47. The van der Waals surface area contributed by atoms with Gasteiger partial charge in [-0.25, -0.2) is 9.18 Å². The Morgan fingerprint density at radius 1 is 1.03 bits per heavy atom. The van der Waals surface area contributed by atoms with Crippen LogP contribution in [0.5, 0.6) is 0 Å². The Morgan fingerprint density at radius 2 is 1.73 bits per heavy atom. The third-order valence-corrected chi connectivity index (χ3v) is 7.92. The molecule has 1 heterocycles. The maximum absolute atomic E-state index is 14.1. The highest BCUT2D eigenvalue weighted by atomic mass is 35.5. The van der Waals surface area contributed by atoms with Crippen LogP contribution in [0.4, 0.5) is 14.9 Å². The molecule has 0 spiro atoms. The van der Waals surface area contributed by atoms with E-state index in [1.54, 1.807) is 31.2 Å². The minimum atomic E-state index is -0.896. The number of hydrogen-bond donors (Lipinski definition) is 2. The Morgan fingerprint density at radius 3 is 2.41 bits per heavy atom. The van der Waals surface area contributed by atoms with Crippen LogP contribution in [0.2, 0.25) is 4.34 Å². The summed E-state index contributed by atoms with van der Waals surface area (Å²) in [6.07, 6.45) is -0.424. The molecule has 37 heavy (non-hydrogen) atoms. The van der Waals surface area contributed by atoms with Gasteiger partial charge >= 0.3 is 12.1 Å². The number of hydrogen-bond acceptors (Lipinski definition) is 4. The first-order chi connectivity index (χ1) is 17.8. The first-order valence-electron chi connectivity index (χ1n) is 11.7. The first kappa shape index (κ1) is 25.0. The average molecular weight is 536 g/mol. The van der Waals surface area contributed by atoms with Crippen LogP contribution in [0, 0.1) is 5.82 Å². The van der Waals surface area contributed by atoms with Crippen LogP contribution >= 0.6 is 22.9 Å². The van der Waals surface area contributed by atoms with Gasteiger partial charge in [0.1, 0.15) is 11.9 Å². The molecule has 2 N–H and O–H groups in total. The molecule has 0 aliphatic heterocycles. The number of nitrogens with one attached hydrogen (secondary N) is 1. The van der Waals surface area contributed by atoms with Crippen LogP contribution in [0.3, 0.4) is 0 Å². The molecule has 0 radical (unpaired) electrons. The second-order valence-electron chi connectivity index (χ2n) is 9.00. The minimum absolute atomic E-state index is 0.267. The van der Waals surface area contributed by atoms with Gasteiger partial charge in [-0.3, -0.25) is 10.1 Å². The third kappa shape index (κ3) is 4.97. The molecule has 4 aromatic rings. The van der Waals surface area contributed by atoms with E-state index in [4.69, 9.17) is 16.3 Å². The summed E-state index contributed by atoms with van der Waals surface area (Å²) in [6, 6.07) is 23.1. The molecule has 1 aliphatic carbocycles. The maximum Gasteiger partial charge on any atom is 0.412 e. The fraction of sp³-hybridized carbons (Fsp3) is 0.172. The van der Waals surface area contributed by atoms with E-state index < -0.39 is 29.4 Å². The second-order valence-corrected chi connectivity index (χ2v) is 10.7. The number of ether oxygens (including phenoxy) is 1. The van der Waals surface area contributed by atoms with Crippen molar-refractivity contribution in [2.75, 3.05) is 5.32 Å². The number of carboxylic acid groups (broad SMARTS) is 1. The average Bonchev–Trinajstić information content (AvgIpc) is 3.62. The van der Waals surface area contributed by atoms with Crippen LogP contribution in [0.15, 0.2) is 78.9 Å². The van der Waals surface area contributed by atoms with Crippen LogP contribution in [0.1, 0.15) is 37.0 Å². The number of aliphatic carboxylic acids is 1. The smallest absolute Gasteiger partial charge is 0.412 e. The van der Waals surface area contributed by atoms with E-state index in [9.17, 15) is 19.1 Å². The van der Waals surface area contributed by atoms with Crippen molar-refractivity contribution in [1.82, 2.24) is 0 Å². The van der Waals surface area contributed by atoms with Gasteiger partial charge in [0.2, 0.25) is 0 Å². The molecule has 1 fully saturated rings. The highest BCUT2D eigenvalue weighted by molar-refractivity contribution is 7.20. The molecule has 1 aromatic heterocycles. The number of thiophene rings is 1. The topological polar surface area (TPSA) is 75.6 Å². The Kier molecular flexibility index (Phi) is 6.75. The van der Waals surface area contributed by atoms with E-state index in [-0.39, 0.29) is 5.56 Å². The SMILES string of the molecule is CC(OC(=O)Nc1cc(Cl)sc1-c1cc(C2(C(=O)O)CC2)ccc1-c1ccccc1)c1ccccc1F. The molecule has 1 aliphatic rings. The molecule has 188 valence electrons. The van der Waals surface area contributed by atoms with Crippen molar-refractivity contribution in [3.8, 4) is 21.6 Å². The molecular weight excluding hydrogens is 513 g/mol. The molecule has 8 heteroatoms. The summed E-state index contributed by atoms with van der Waals surface area (Å²) in [6.45, 7) is 1.59. The van der Waals surface area contributed by atoms with Gasteiger partial charge in [0.25, 0.3) is 0 Å². The lowest BCUT2D eigenvalue weighted by molar-refractivity contribution is -0.140. The lowest BCUT2D eigenvalue weighted by Crippen LogP contribution is -2.19. The van der Waals surface area contributed by atoms with Crippen molar-refractivity contribution in [3.63, 3.8) is 0 Å². The molecule has 1 amide bonds. The van der Waals surface area contributed by atoms with E-state index >= 15 is 0 Å². The highest BCUT2D eigenvalue weighted by Gasteiger charge is 2.51. The molecular formula is C29H23ClFNO4S. The van der Waals surface area contributed by atoms with Crippen LogP contribution in [-0.2, 0) is 14.9 Å². The van der Waals surface area contributed by atoms with Gasteiger partial charge in [0.05, 0.1) is 20.3 Å². The van der Waals surface area contributed by atoms with Gasteiger partial charge in [0.15, 0.2) is 0 Å². The largest absolute Gasteiger partial charge is 0.481 e. The molecule has 0 saturated heterocycles. The van der Waals surface area contributed by atoms with Gasteiger partial charge < -0.3 is 9.84 Å². The molecule has 0 bridgehead atoms. The maximum atomic E-state index is 14.1. The van der Waals surface area contributed by atoms with Crippen molar-refractivity contribution in [1.29, 1.82) is 0 Å². The number of rotatable bonds is 7.